The molecule has 0 amide bonds. The molecule has 1 rings (SSSR count). The lowest BCUT2D eigenvalue weighted by Crippen LogP contribution is -2.12. The third-order valence-corrected chi connectivity index (χ3v) is 2.90. The number of amidine groups is 1. The maximum atomic E-state index is 12.9. The van der Waals surface area contributed by atoms with Crippen molar-refractivity contribution in [2.75, 3.05) is 6.26 Å². The van der Waals surface area contributed by atoms with Gasteiger partial charge in [0.25, 0.3) is 0 Å². The summed E-state index contributed by atoms with van der Waals surface area (Å²) in [6.45, 7) is 0. The minimum Gasteiger partial charge on any atom is -0.271 e. The van der Waals surface area contributed by atoms with E-state index in [4.69, 9.17) is 5.26 Å². The Morgan fingerprint density at radius 3 is 2.93 bits per heavy atom. The molecule has 15 heavy (non-hydrogen) atoms. The Hall–Kier alpha value is -0.810. The van der Waals surface area contributed by atoms with Gasteiger partial charge in [-0.05, 0) is 47.0 Å². The predicted octanol–water partition coefficient (Wildman–Crippen LogP) is 2.85. The fourth-order valence-corrected chi connectivity index (χ4v) is 1.69. The molecule has 0 aliphatic heterocycles. The van der Waals surface area contributed by atoms with Crippen LogP contribution in [0.2, 0.25) is 0 Å². The van der Waals surface area contributed by atoms with Gasteiger partial charge in [-0.1, -0.05) is 11.8 Å². The van der Waals surface area contributed by atoms with Crippen molar-refractivity contribution in [3.8, 4) is 6.19 Å². The average molecular weight is 335 g/mol. The Bertz CT molecular complexity index is 428. The minimum absolute atomic E-state index is 0.270. The topological polar surface area (TPSA) is 48.2 Å². The molecule has 0 fully saturated rings. The molecule has 0 atom stereocenters. The van der Waals surface area contributed by atoms with E-state index >= 15 is 0 Å². The highest BCUT2D eigenvalue weighted by Crippen LogP contribution is 2.19. The Morgan fingerprint density at radius 2 is 2.40 bits per heavy atom. The molecular weight excluding hydrogens is 328 g/mol. The SMILES string of the molecule is CSC(=Nc1ccc(F)c(I)c1)NC#N. The molecule has 6 heteroatoms. The summed E-state index contributed by atoms with van der Waals surface area (Å²) in [6, 6.07) is 4.53. The molecule has 0 bridgehead atoms. The smallest absolute Gasteiger partial charge is 0.183 e. The summed E-state index contributed by atoms with van der Waals surface area (Å²) >= 11 is 3.21. The van der Waals surface area contributed by atoms with Crippen molar-refractivity contribution in [3.63, 3.8) is 0 Å². The first-order valence-corrected chi connectivity index (χ1v) is 6.20. The van der Waals surface area contributed by atoms with Crippen LogP contribution in [0, 0.1) is 20.8 Å². The molecule has 0 aromatic heterocycles. The second-order valence-electron chi connectivity index (χ2n) is 2.46. The highest BCUT2D eigenvalue weighted by molar-refractivity contribution is 14.1. The first-order valence-electron chi connectivity index (χ1n) is 3.90. The lowest BCUT2D eigenvalue weighted by atomic mass is 10.3. The first kappa shape index (κ1) is 12.3. The number of halogens is 2. The zero-order valence-corrected chi connectivity index (χ0v) is 10.8. The van der Waals surface area contributed by atoms with Crippen LogP contribution in [0.1, 0.15) is 0 Å². The van der Waals surface area contributed by atoms with E-state index in [1.807, 2.05) is 22.6 Å². The first-order chi connectivity index (χ1) is 7.17. The summed E-state index contributed by atoms with van der Waals surface area (Å²) in [6.07, 6.45) is 3.59. The van der Waals surface area contributed by atoms with E-state index in [1.165, 1.54) is 17.8 Å². The molecule has 1 aromatic carbocycles. The summed E-state index contributed by atoms with van der Waals surface area (Å²) in [7, 11) is 0. The van der Waals surface area contributed by atoms with Crippen LogP contribution in [0.3, 0.4) is 0 Å². The molecule has 1 aromatic rings. The monoisotopic (exact) mass is 335 g/mol. The van der Waals surface area contributed by atoms with Crippen LogP contribution in [0.25, 0.3) is 0 Å². The minimum atomic E-state index is -0.270. The van der Waals surface area contributed by atoms with Crippen LogP contribution in [0.15, 0.2) is 23.2 Å². The highest BCUT2D eigenvalue weighted by Gasteiger charge is 2.01. The number of nitrogens with one attached hydrogen (secondary N) is 1. The summed E-state index contributed by atoms with van der Waals surface area (Å²) < 4.78 is 13.4. The number of hydrogen-bond acceptors (Lipinski definition) is 3. The highest BCUT2D eigenvalue weighted by atomic mass is 127. The van der Waals surface area contributed by atoms with E-state index in [2.05, 4.69) is 10.3 Å². The standard InChI is InChI=1S/C9H7FIN3S/c1-15-9(13-5-12)14-6-2-3-7(10)8(11)4-6/h2-4H,1H3,(H,13,14). The van der Waals surface area contributed by atoms with Crippen molar-refractivity contribution >= 4 is 45.2 Å². The van der Waals surface area contributed by atoms with Crippen LogP contribution >= 0.6 is 34.4 Å². The number of benzene rings is 1. The second kappa shape index (κ2) is 5.92. The van der Waals surface area contributed by atoms with Gasteiger partial charge in [0.2, 0.25) is 0 Å². The Balaban J connectivity index is 2.97. The molecular formula is C9H7FIN3S. The van der Waals surface area contributed by atoms with Gasteiger partial charge >= 0.3 is 0 Å². The second-order valence-corrected chi connectivity index (χ2v) is 4.41. The number of rotatable bonds is 1. The van der Waals surface area contributed by atoms with Gasteiger partial charge in [0.15, 0.2) is 11.4 Å². The van der Waals surface area contributed by atoms with E-state index in [0.29, 0.717) is 14.4 Å². The Morgan fingerprint density at radius 1 is 1.67 bits per heavy atom. The van der Waals surface area contributed by atoms with E-state index in [9.17, 15) is 4.39 Å². The summed E-state index contributed by atoms with van der Waals surface area (Å²) in [5.74, 6) is -0.270. The van der Waals surface area contributed by atoms with Crippen LogP contribution in [0.4, 0.5) is 10.1 Å². The molecule has 0 heterocycles. The quantitative estimate of drug-likeness (QED) is 0.282. The van der Waals surface area contributed by atoms with Crippen LogP contribution < -0.4 is 5.32 Å². The average Bonchev–Trinajstić information content (AvgIpc) is 2.23. The molecule has 0 unspecified atom stereocenters. The Labute approximate surface area is 105 Å². The van der Waals surface area contributed by atoms with Crippen molar-refractivity contribution in [1.82, 2.24) is 5.32 Å². The van der Waals surface area contributed by atoms with Gasteiger partial charge in [0, 0.05) is 0 Å². The van der Waals surface area contributed by atoms with Gasteiger partial charge in [0.05, 0.1) is 9.26 Å². The summed E-state index contributed by atoms with van der Waals surface area (Å²) in [4.78, 5) is 4.14. The van der Waals surface area contributed by atoms with Crippen LogP contribution in [-0.4, -0.2) is 11.4 Å². The van der Waals surface area contributed by atoms with Gasteiger partial charge in [0.1, 0.15) is 5.82 Å². The lowest BCUT2D eigenvalue weighted by Gasteiger charge is -2.00. The molecule has 0 spiro atoms. The molecule has 0 radical (unpaired) electrons. The van der Waals surface area contributed by atoms with Crippen molar-refractivity contribution in [2.45, 2.75) is 0 Å². The number of thioether (sulfide) groups is 1. The van der Waals surface area contributed by atoms with Crippen molar-refractivity contribution in [2.24, 2.45) is 4.99 Å². The lowest BCUT2D eigenvalue weighted by molar-refractivity contribution is 0.620. The van der Waals surface area contributed by atoms with E-state index < -0.39 is 0 Å². The predicted molar refractivity (Wildman–Crippen MR) is 68.5 cm³/mol. The molecule has 0 aliphatic carbocycles. The van der Waals surface area contributed by atoms with Crippen molar-refractivity contribution in [3.05, 3.63) is 27.6 Å². The van der Waals surface area contributed by atoms with E-state index in [-0.39, 0.29) is 5.82 Å². The molecule has 78 valence electrons. The molecule has 0 aliphatic rings. The van der Waals surface area contributed by atoms with Gasteiger partial charge in [-0.3, -0.25) is 5.32 Å². The van der Waals surface area contributed by atoms with Gasteiger partial charge < -0.3 is 0 Å². The number of nitriles is 1. The zero-order valence-electron chi connectivity index (χ0n) is 7.79. The van der Waals surface area contributed by atoms with Gasteiger partial charge in [-0.15, -0.1) is 0 Å². The summed E-state index contributed by atoms with van der Waals surface area (Å²) in [5, 5.41) is 11.4. The zero-order chi connectivity index (χ0) is 11.3. The van der Waals surface area contributed by atoms with Crippen LogP contribution in [-0.2, 0) is 0 Å². The van der Waals surface area contributed by atoms with E-state index in [0.717, 1.165) is 0 Å². The molecule has 3 nitrogen and oxygen atoms in total. The third-order valence-electron chi connectivity index (χ3n) is 1.49. The van der Waals surface area contributed by atoms with Crippen LogP contribution in [0.5, 0.6) is 0 Å². The fourth-order valence-electron chi connectivity index (χ4n) is 0.844. The largest absolute Gasteiger partial charge is 0.271 e. The molecule has 1 N–H and O–H groups in total. The summed E-state index contributed by atoms with van der Waals surface area (Å²) in [5.41, 5.74) is 0.618. The normalized spacial score (nSPS) is 10.9. The van der Waals surface area contributed by atoms with E-state index in [1.54, 1.807) is 24.6 Å². The number of aliphatic imine (C=N–C) groups is 1. The van der Waals surface area contributed by atoms with Gasteiger partial charge in [-0.25, -0.2) is 9.38 Å². The molecule has 0 saturated carbocycles. The maximum absolute atomic E-state index is 12.9. The fraction of sp³-hybridized carbons (Fsp3) is 0.111. The number of hydrogen-bond donors (Lipinski definition) is 1. The van der Waals surface area contributed by atoms with Crippen molar-refractivity contribution in [1.29, 1.82) is 5.26 Å². The maximum Gasteiger partial charge on any atom is 0.183 e. The van der Waals surface area contributed by atoms with Gasteiger partial charge in [-0.2, -0.15) is 5.26 Å². The Kier molecular flexibility index (Phi) is 4.84. The molecule has 0 saturated heterocycles. The third kappa shape index (κ3) is 3.68. The van der Waals surface area contributed by atoms with Crippen molar-refractivity contribution < 1.29 is 4.39 Å². The number of nitrogens with zero attached hydrogens (tertiary/aromatic N) is 2.